The minimum Gasteiger partial charge on any atom is -0.495 e. The molecule has 0 amide bonds. The van der Waals surface area contributed by atoms with Crippen LogP contribution >= 0.6 is 24.0 Å². The Morgan fingerprint density at radius 2 is 2.06 bits per heavy atom. The van der Waals surface area contributed by atoms with Crippen molar-refractivity contribution in [3.05, 3.63) is 24.3 Å². The molecule has 1 aromatic carbocycles. The first kappa shape index (κ1) is 17.0. The van der Waals surface area contributed by atoms with E-state index in [1.54, 1.807) is 14.2 Å². The van der Waals surface area contributed by atoms with Gasteiger partial charge in [0.2, 0.25) is 0 Å². The van der Waals surface area contributed by atoms with E-state index in [9.17, 15) is 0 Å². The van der Waals surface area contributed by atoms with E-state index in [0.717, 1.165) is 17.9 Å². The van der Waals surface area contributed by atoms with Gasteiger partial charge < -0.3 is 20.5 Å². The molecule has 0 saturated carbocycles. The molecule has 0 atom stereocenters. The van der Waals surface area contributed by atoms with Gasteiger partial charge >= 0.3 is 0 Å². The molecule has 0 spiro atoms. The molecule has 0 radical (unpaired) electrons. The van der Waals surface area contributed by atoms with Gasteiger partial charge in [0.05, 0.1) is 12.8 Å². The summed E-state index contributed by atoms with van der Waals surface area (Å²) in [4.78, 5) is 4.18. The fraction of sp³-hybridized carbons (Fsp3) is 0.417. The zero-order valence-corrected chi connectivity index (χ0v) is 13.0. The third kappa shape index (κ3) is 6.06. The summed E-state index contributed by atoms with van der Waals surface area (Å²) >= 11 is 0. The van der Waals surface area contributed by atoms with Gasteiger partial charge in [-0.1, -0.05) is 12.1 Å². The number of nitrogens with zero attached hydrogens (tertiary/aromatic N) is 1. The van der Waals surface area contributed by atoms with Crippen molar-refractivity contribution in [3.8, 4) is 5.75 Å². The SMILES string of the molecule is COCCCN=C(N)Nc1ccccc1OC.I. The zero-order chi connectivity index (χ0) is 12.5. The fourth-order valence-electron chi connectivity index (χ4n) is 1.33. The molecule has 18 heavy (non-hydrogen) atoms. The molecular formula is C12H20IN3O2. The quantitative estimate of drug-likeness (QED) is 0.351. The number of guanidine groups is 1. The largest absolute Gasteiger partial charge is 0.495 e. The molecule has 1 rings (SSSR count). The van der Waals surface area contributed by atoms with Gasteiger partial charge in [0.25, 0.3) is 0 Å². The number of methoxy groups -OCH3 is 2. The summed E-state index contributed by atoms with van der Waals surface area (Å²) in [7, 11) is 3.28. The minimum absolute atomic E-state index is 0. The molecule has 0 unspecified atom stereocenters. The lowest BCUT2D eigenvalue weighted by Crippen LogP contribution is -2.23. The first-order valence-corrected chi connectivity index (χ1v) is 5.47. The monoisotopic (exact) mass is 365 g/mol. The van der Waals surface area contributed by atoms with E-state index in [-0.39, 0.29) is 24.0 Å². The van der Waals surface area contributed by atoms with Crippen molar-refractivity contribution in [2.75, 3.05) is 32.7 Å². The summed E-state index contributed by atoms with van der Waals surface area (Å²) in [5.41, 5.74) is 6.56. The number of nitrogens with one attached hydrogen (secondary N) is 1. The number of benzene rings is 1. The van der Waals surface area contributed by atoms with E-state index < -0.39 is 0 Å². The van der Waals surface area contributed by atoms with Gasteiger partial charge in [-0.05, 0) is 18.6 Å². The maximum absolute atomic E-state index is 5.75. The van der Waals surface area contributed by atoms with E-state index in [1.807, 2.05) is 24.3 Å². The van der Waals surface area contributed by atoms with Crippen LogP contribution < -0.4 is 15.8 Å². The fourth-order valence-corrected chi connectivity index (χ4v) is 1.33. The second-order valence-corrected chi connectivity index (χ2v) is 3.44. The molecular weight excluding hydrogens is 345 g/mol. The van der Waals surface area contributed by atoms with Crippen LogP contribution in [0.4, 0.5) is 5.69 Å². The minimum atomic E-state index is 0. The molecule has 0 aliphatic carbocycles. The van der Waals surface area contributed by atoms with E-state index >= 15 is 0 Å². The van der Waals surface area contributed by atoms with E-state index in [4.69, 9.17) is 15.2 Å². The number of nitrogens with two attached hydrogens (primary N) is 1. The summed E-state index contributed by atoms with van der Waals surface area (Å²) in [6, 6.07) is 7.55. The van der Waals surface area contributed by atoms with Gasteiger partial charge in [-0.25, -0.2) is 0 Å². The molecule has 5 nitrogen and oxygen atoms in total. The third-order valence-corrected chi connectivity index (χ3v) is 2.16. The highest BCUT2D eigenvalue weighted by Gasteiger charge is 2.01. The standard InChI is InChI=1S/C12H19N3O2.HI/c1-16-9-5-8-14-12(13)15-10-6-3-4-7-11(10)17-2;/h3-4,6-7H,5,8-9H2,1-2H3,(H3,13,14,15);1H. The lowest BCUT2D eigenvalue weighted by Gasteiger charge is -2.09. The summed E-state index contributed by atoms with van der Waals surface area (Å²) in [6.07, 6.45) is 0.852. The zero-order valence-electron chi connectivity index (χ0n) is 10.7. The smallest absolute Gasteiger partial charge is 0.193 e. The van der Waals surface area contributed by atoms with Crippen molar-refractivity contribution in [2.24, 2.45) is 10.7 Å². The number of rotatable bonds is 6. The highest BCUT2D eigenvalue weighted by Crippen LogP contribution is 2.22. The Hall–Kier alpha value is -1.02. The van der Waals surface area contributed by atoms with E-state index in [2.05, 4.69) is 10.3 Å². The van der Waals surface area contributed by atoms with Gasteiger partial charge in [-0.3, -0.25) is 4.99 Å². The summed E-state index contributed by atoms with van der Waals surface area (Å²) in [5.74, 6) is 1.12. The Morgan fingerprint density at radius 3 is 2.72 bits per heavy atom. The molecule has 6 heteroatoms. The Balaban J connectivity index is 0.00000289. The van der Waals surface area contributed by atoms with Crippen LogP contribution in [0.15, 0.2) is 29.3 Å². The predicted octanol–water partition coefficient (Wildman–Crippen LogP) is 2.08. The lowest BCUT2D eigenvalue weighted by atomic mass is 10.3. The molecule has 0 saturated heterocycles. The molecule has 0 aliphatic heterocycles. The van der Waals surface area contributed by atoms with Gasteiger partial charge in [0, 0.05) is 20.3 Å². The normalized spacial score (nSPS) is 10.7. The average Bonchev–Trinajstić information content (AvgIpc) is 2.35. The molecule has 102 valence electrons. The van der Waals surface area contributed by atoms with E-state index in [1.165, 1.54) is 0 Å². The Morgan fingerprint density at radius 1 is 1.33 bits per heavy atom. The van der Waals surface area contributed by atoms with Crippen LogP contribution in [-0.4, -0.2) is 33.3 Å². The van der Waals surface area contributed by atoms with Gasteiger partial charge in [0.1, 0.15) is 5.75 Å². The van der Waals surface area contributed by atoms with Crippen LogP contribution in [0.5, 0.6) is 5.75 Å². The van der Waals surface area contributed by atoms with Crippen molar-refractivity contribution in [1.82, 2.24) is 0 Å². The van der Waals surface area contributed by atoms with E-state index in [0.29, 0.717) is 19.1 Å². The van der Waals surface area contributed by atoms with Crippen molar-refractivity contribution in [1.29, 1.82) is 0 Å². The number of aliphatic imine (C=N–C) groups is 1. The number of halogens is 1. The molecule has 0 heterocycles. The van der Waals surface area contributed by atoms with Crippen molar-refractivity contribution in [3.63, 3.8) is 0 Å². The van der Waals surface area contributed by atoms with Crippen LogP contribution in [0, 0.1) is 0 Å². The maximum atomic E-state index is 5.75. The van der Waals surface area contributed by atoms with Gasteiger partial charge in [-0.2, -0.15) is 0 Å². The molecule has 0 aliphatic rings. The number of hydrogen-bond acceptors (Lipinski definition) is 3. The number of para-hydroxylation sites is 2. The second kappa shape index (κ2) is 9.95. The first-order chi connectivity index (χ1) is 8.27. The molecule has 0 bridgehead atoms. The lowest BCUT2D eigenvalue weighted by molar-refractivity contribution is 0.197. The first-order valence-electron chi connectivity index (χ1n) is 5.47. The highest BCUT2D eigenvalue weighted by atomic mass is 127. The Kier molecular flexibility index (Phi) is 9.39. The Bertz CT molecular complexity index is 372. The van der Waals surface area contributed by atoms with Crippen LogP contribution in [-0.2, 0) is 4.74 Å². The maximum Gasteiger partial charge on any atom is 0.193 e. The molecule has 0 fully saturated rings. The predicted molar refractivity (Wildman–Crippen MR) is 85.0 cm³/mol. The number of anilines is 1. The third-order valence-electron chi connectivity index (χ3n) is 2.16. The van der Waals surface area contributed by atoms with Crippen molar-refractivity contribution >= 4 is 35.6 Å². The van der Waals surface area contributed by atoms with Crippen LogP contribution in [0.2, 0.25) is 0 Å². The molecule has 0 aromatic heterocycles. The second-order valence-electron chi connectivity index (χ2n) is 3.44. The number of ether oxygens (including phenoxy) is 2. The van der Waals surface area contributed by atoms with Crippen LogP contribution in [0.25, 0.3) is 0 Å². The van der Waals surface area contributed by atoms with Crippen molar-refractivity contribution < 1.29 is 9.47 Å². The number of hydrogen-bond donors (Lipinski definition) is 2. The van der Waals surface area contributed by atoms with Crippen molar-refractivity contribution in [2.45, 2.75) is 6.42 Å². The highest BCUT2D eigenvalue weighted by molar-refractivity contribution is 14.0. The molecule has 3 N–H and O–H groups in total. The summed E-state index contributed by atoms with van der Waals surface area (Å²) in [5, 5.41) is 3.00. The Labute approximate surface area is 125 Å². The summed E-state index contributed by atoms with van der Waals surface area (Å²) in [6.45, 7) is 1.33. The van der Waals surface area contributed by atoms with Crippen LogP contribution in [0.1, 0.15) is 6.42 Å². The average molecular weight is 365 g/mol. The summed E-state index contributed by atoms with van der Waals surface area (Å²) < 4.78 is 10.1. The van der Waals surface area contributed by atoms with Gasteiger partial charge in [-0.15, -0.1) is 24.0 Å². The van der Waals surface area contributed by atoms with Gasteiger partial charge in [0.15, 0.2) is 5.96 Å². The van der Waals surface area contributed by atoms with Crippen LogP contribution in [0.3, 0.4) is 0 Å². The topological polar surface area (TPSA) is 68.9 Å². The molecule has 1 aromatic rings.